The fraction of sp³-hybridized carbons (Fsp3) is 0.556. The molecule has 0 spiro atoms. The number of hydrogen-bond acceptors (Lipinski definition) is 8. The van der Waals surface area contributed by atoms with Gasteiger partial charge in [0.05, 0.1) is 18.1 Å². The van der Waals surface area contributed by atoms with Crippen molar-refractivity contribution >= 4 is 33.6 Å². The van der Waals surface area contributed by atoms with Gasteiger partial charge < -0.3 is 4.74 Å². The summed E-state index contributed by atoms with van der Waals surface area (Å²) in [7, 11) is 0.589. The Morgan fingerprint density at radius 3 is 2.57 bits per heavy atom. The second-order valence-corrected chi connectivity index (χ2v) is 8.13. The van der Waals surface area contributed by atoms with Crippen LogP contribution in [0.15, 0.2) is 34.7 Å². The van der Waals surface area contributed by atoms with Crippen molar-refractivity contribution < 1.29 is 22.7 Å². The van der Waals surface area contributed by atoms with Gasteiger partial charge in [0.25, 0.3) is 0 Å². The minimum Gasteiger partial charge on any atom is -0.382 e. The Balaban J connectivity index is 2.20. The van der Waals surface area contributed by atoms with Gasteiger partial charge in [0, 0.05) is 31.5 Å². The number of benzene rings is 1. The molecule has 28 heavy (non-hydrogen) atoms. The zero-order valence-corrected chi connectivity index (χ0v) is 17.7. The van der Waals surface area contributed by atoms with Gasteiger partial charge in [0.15, 0.2) is 0 Å². The monoisotopic (exact) mass is 427 g/mol. The van der Waals surface area contributed by atoms with E-state index in [9.17, 15) is 18.0 Å². The number of carbonyl (C=O) groups is 2. The molecule has 1 N–H and O–H groups in total. The first-order valence-electron chi connectivity index (χ1n) is 8.97. The lowest BCUT2D eigenvalue weighted by atomic mass is 10.1. The van der Waals surface area contributed by atoms with Crippen LogP contribution in [0, 0.1) is 5.92 Å². The summed E-state index contributed by atoms with van der Waals surface area (Å²) in [6, 6.07) is 8.49. The third-order valence-corrected chi connectivity index (χ3v) is 5.74. The Hall–Kier alpha value is -1.75. The van der Waals surface area contributed by atoms with Crippen LogP contribution >= 0.6 is 11.9 Å². The van der Waals surface area contributed by atoms with Gasteiger partial charge in [0.1, 0.15) is 0 Å². The summed E-state index contributed by atoms with van der Waals surface area (Å²) in [5.41, 5.74) is 0.835. The summed E-state index contributed by atoms with van der Waals surface area (Å²) in [5, 5.41) is -0.418. The van der Waals surface area contributed by atoms with Crippen LogP contribution in [0.1, 0.15) is 31.2 Å². The van der Waals surface area contributed by atoms with Crippen molar-refractivity contribution in [1.29, 1.82) is 0 Å². The van der Waals surface area contributed by atoms with Gasteiger partial charge in [-0.25, -0.2) is 0 Å². The molecule has 154 valence electrons. The lowest BCUT2D eigenvalue weighted by Crippen LogP contribution is -2.38. The van der Waals surface area contributed by atoms with E-state index in [0.29, 0.717) is 12.8 Å². The van der Waals surface area contributed by atoms with Crippen molar-refractivity contribution in [1.82, 2.24) is 9.62 Å². The topological polar surface area (TPSA) is 105 Å². The fourth-order valence-electron chi connectivity index (χ4n) is 3.17. The maximum atomic E-state index is 13.1. The predicted octanol–water partition coefficient (Wildman–Crippen LogP) is 2.46. The minimum absolute atomic E-state index is 0.0210. The van der Waals surface area contributed by atoms with E-state index in [1.165, 1.54) is 4.90 Å². The van der Waals surface area contributed by atoms with Gasteiger partial charge in [0.2, 0.25) is 5.91 Å². The second kappa shape index (κ2) is 10.7. The molecule has 2 amide bonds. The van der Waals surface area contributed by atoms with E-state index in [4.69, 9.17) is 4.74 Å². The van der Waals surface area contributed by atoms with Crippen molar-refractivity contribution in [2.45, 2.75) is 37.8 Å². The maximum Gasteiger partial charge on any atom is 0.311 e. The fourth-order valence-corrected chi connectivity index (χ4v) is 4.10. The molecule has 1 aliphatic rings. The molecule has 1 saturated carbocycles. The normalized spacial score (nSPS) is 21.6. The van der Waals surface area contributed by atoms with Crippen LogP contribution in [0.5, 0.6) is 0 Å². The summed E-state index contributed by atoms with van der Waals surface area (Å²) in [6.45, 7) is 2.16. The number of nitrogens with zero attached hydrogens (tertiary/aromatic N) is 2. The number of imide groups is 1. The van der Waals surface area contributed by atoms with Crippen molar-refractivity contribution in [2.24, 2.45) is 10.3 Å². The lowest BCUT2D eigenvalue weighted by Gasteiger charge is -2.21. The van der Waals surface area contributed by atoms with Gasteiger partial charge >= 0.3 is 15.7 Å². The third kappa shape index (κ3) is 5.87. The highest BCUT2D eigenvalue weighted by Gasteiger charge is 2.58. The average molecular weight is 428 g/mol. The third-order valence-electron chi connectivity index (χ3n) is 4.73. The Labute approximate surface area is 170 Å². The van der Waals surface area contributed by atoms with E-state index in [-0.39, 0.29) is 18.6 Å². The Bertz CT molecular complexity index is 808. The SMILES string of the molecule is CNSC(=O)N(CCCC(C)OC)C(=O)C1C(N=S(=O)=O)C1c1ccccc1. The number of nitrogens with one attached hydrogen (secondary N) is 1. The highest BCUT2D eigenvalue weighted by atomic mass is 32.2. The summed E-state index contributed by atoms with van der Waals surface area (Å²) in [6.07, 6.45) is 1.31. The summed E-state index contributed by atoms with van der Waals surface area (Å²) < 4.78 is 33.8. The molecule has 0 heterocycles. The Morgan fingerprint density at radius 2 is 2.00 bits per heavy atom. The smallest absolute Gasteiger partial charge is 0.311 e. The standard InChI is InChI=1S/C18H25N3O5S2/c1-12(26-3)8-7-11-21(18(23)27-19-2)17(22)15-14(16(15)20-28(24)25)13-9-5-4-6-10-13/h4-6,9-10,12,14-16,19H,7-8,11H2,1-3H3. The average Bonchev–Trinajstić information content (AvgIpc) is 3.38. The molecule has 1 aliphatic carbocycles. The largest absolute Gasteiger partial charge is 0.382 e. The van der Waals surface area contributed by atoms with Gasteiger partial charge in [-0.2, -0.15) is 12.8 Å². The van der Waals surface area contributed by atoms with E-state index >= 15 is 0 Å². The molecule has 1 aromatic carbocycles. The number of carbonyl (C=O) groups excluding carboxylic acids is 2. The van der Waals surface area contributed by atoms with E-state index < -0.39 is 33.6 Å². The molecule has 0 aromatic heterocycles. The van der Waals surface area contributed by atoms with Crippen LogP contribution in [0.3, 0.4) is 0 Å². The number of hydrogen-bond donors (Lipinski definition) is 1. The molecular weight excluding hydrogens is 402 g/mol. The highest BCUT2D eigenvalue weighted by molar-refractivity contribution is 8.11. The zero-order chi connectivity index (χ0) is 20.7. The zero-order valence-electron chi connectivity index (χ0n) is 16.1. The van der Waals surface area contributed by atoms with E-state index in [1.807, 2.05) is 37.3 Å². The molecule has 2 rings (SSSR count). The first-order chi connectivity index (χ1) is 13.4. The van der Waals surface area contributed by atoms with Gasteiger partial charge in [-0.3, -0.25) is 19.2 Å². The van der Waals surface area contributed by atoms with Crippen molar-refractivity contribution in [2.75, 3.05) is 20.7 Å². The van der Waals surface area contributed by atoms with Gasteiger partial charge in [-0.05, 0) is 32.4 Å². The Morgan fingerprint density at radius 1 is 1.32 bits per heavy atom. The van der Waals surface area contributed by atoms with Crippen LogP contribution < -0.4 is 4.72 Å². The number of amides is 2. The van der Waals surface area contributed by atoms with Crippen molar-refractivity contribution in [3.8, 4) is 0 Å². The molecule has 0 saturated heterocycles. The maximum absolute atomic E-state index is 13.1. The predicted molar refractivity (Wildman–Crippen MR) is 107 cm³/mol. The molecule has 4 unspecified atom stereocenters. The van der Waals surface area contributed by atoms with Crippen molar-refractivity contribution in [3.63, 3.8) is 0 Å². The van der Waals surface area contributed by atoms with E-state index in [0.717, 1.165) is 17.5 Å². The van der Waals surface area contributed by atoms with E-state index in [1.54, 1.807) is 14.2 Å². The van der Waals surface area contributed by atoms with Crippen LogP contribution in [-0.4, -0.2) is 57.3 Å². The van der Waals surface area contributed by atoms with E-state index in [2.05, 4.69) is 9.08 Å². The first-order valence-corrected chi connectivity index (χ1v) is 10.8. The summed E-state index contributed by atoms with van der Waals surface area (Å²) in [4.78, 5) is 26.8. The molecule has 0 radical (unpaired) electrons. The molecule has 1 fully saturated rings. The van der Waals surface area contributed by atoms with Crippen molar-refractivity contribution in [3.05, 3.63) is 35.9 Å². The molecule has 1 aromatic rings. The molecule has 8 nitrogen and oxygen atoms in total. The Kier molecular flexibility index (Phi) is 8.61. The highest BCUT2D eigenvalue weighted by Crippen LogP contribution is 2.51. The first kappa shape index (κ1) is 22.5. The molecular formula is C18H25N3O5S2. The van der Waals surface area contributed by atoms with Crippen LogP contribution in [0.4, 0.5) is 4.79 Å². The number of rotatable bonds is 9. The van der Waals surface area contributed by atoms with Gasteiger partial charge in [-0.1, -0.05) is 30.3 Å². The number of methoxy groups -OCH3 is 1. The molecule has 10 heteroatoms. The molecule has 0 aliphatic heterocycles. The summed E-state index contributed by atoms with van der Waals surface area (Å²) >= 11 is 0.822. The van der Waals surface area contributed by atoms with Crippen LogP contribution in [0.25, 0.3) is 0 Å². The second-order valence-electron chi connectivity index (χ2n) is 6.53. The minimum atomic E-state index is -2.62. The molecule has 0 bridgehead atoms. The van der Waals surface area contributed by atoms with Crippen LogP contribution in [0.2, 0.25) is 0 Å². The molecule has 4 atom stereocenters. The summed E-state index contributed by atoms with van der Waals surface area (Å²) in [5.74, 6) is -1.41. The van der Waals surface area contributed by atoms with Gasteiger partial charge in [-0.15, -0.1) is 0 Å². The quantitative estimate of drug-likeness (QED) is 0.604. The van der Waals surface area contributed by atoms with Crippen LogP contribution in [-0.2, 0) is 20.0 Å². The number of ether oxygens (including phenoxy) is 1. The lowest BCUT2D eigenvalue weighted by molar-refractivity contribution is -0.129.